The summed E-state index contributed by atoms with van der Waals surface area (Å²) in [4.78, 5) is 20.0. The normalized spacial score (nSPS) is 12.4. The van der Waals surface area contributed by atoms with Crippen LogP contribution in [-0.4, -0.2) is 57.9 Å². The topological polar surface area (TPSA) is 204 Å². The maximum Gasteiger partial charge on any atom is 1.00 e. The number of carboxylic acids is 2. The summed E-state index contributed by atoms with van der Waals surface area (Å²) in [5.41, 5.74) is 0. The number of hydrogen-bond donors (Lipinski definition) is 5. The van der Waals surface area contributed by atoms with E-state index in [1.807, 2.05) is 0 Å². The van der Waals surface area contributed by atoms with Crippen molar-refractivity contribution in [3.63, 3.8) is 0 Å². The predicted molar refractivity (Wildman–Crippen MR) is 50.5 cm³/mol. The van der Waals surface area contributed by atoms with Gasteiger partial charge in [-0.3, -0.25) is 23.2 Å². The Morgan fingerprint density at radius 1 is 1.00 bits per heavy atom. The van der Waals surface area contributed by atoms with Crippen LogP contribution in [0.25, 0.3) is 0 Å². The van der Waals surface area contributed by atoms with Gasteiger partial charge in [-0.15, -0.1) is 0 Å². The van der Waals surface area contributed by atoms with Gasteiger partial charge in [0, 0.05) is 0 Å². The molecule has 104 valence electrons. The van der Waals surface area contributed by atoms with Gasteiger partial charge in [-0.1, -0.05) is 0 Å². The predicted octanol–water partition coefficient (Wildman–Crippen LogP) is -4.73. The molecule has 1 unspecified atom stereocenters. The third-order valence-corrected chi connectivity index (χ3v) is 2.08. The van der Waals surface area contributed by atoms with E-state index in [1.54, 1.807) is 0 Å². The molecule has 0 radical (unpaired) electrons. The van der Waals surface area contributed by atoms with E-state index in [2.05, 4.69) is 0 Å². The maximum absolute atomic E-state index is 10.2. The van der Waals surface area contributed by atoms with E-state index < -0.39 is 44.1 Å². The summed E-state index contributed by atoms with van der Waals surface area (Å²) in [5, 5.41) is 13.9. The number of hydrogen-bond acceptors (Lipinski definition) is 6. The van der Waals surface area contributed by atoms with Crippen LogP contribution in [0.3, 0.4) is 0 Å². The summed E-state index contributed by atoms with van der Waals surface area (Å²) in [6, 6.07) is 0. The summed E-state index contributed by atoms with van der Waals surface area (Å²) < 4.78 is 60.2. The van der Waals surface area contributed by atoms with E-state index >= 15 is 0 Å². The minimum Gasteiger partial charge on any atom is -1.00 e. The summed E-state index contributed by atoms with van der Waals surface area (Å²) >= 11 is 0. The molecule has 1 atom stereocenters. The molecular weight excluding hydrogens is 311 g/mol. The van der Waals surface area contributed by atoms with Crippen molar-refractivity contribution in [2.24, 2.45) is 0 Å². The average Bonchev–Trinajstić information content (AvgIpc) is 1.93. The molecule has 0 aliphatic rings. The number of rotatable bonds is 4. The molecule has 0 spiro atoms. The molecule has 0 rings (SSSR count). The van der Waals surface area contributed by atoms with Gasteiger partial charge in [0.25, 0.3) is 10.1 Å². The van der Waals surface area contributed by atoms with Gasteiger partial charge in [0.15, 0.2) is 5.25 Å². The molecule has 14 heteroatoms. The minimum atomic E-state index is -4.84. The molecule has 5 N–H and O–H groups in total. The molecule has 11 nitrogen and oxygen atoms in total. The van der Waals surface area contributed by atoms with Crippen molar-refractivity contribution < 1.29 is 81.3 Å². The Balaban J connectivity index is -0.000000139. The van der Waals surface area contributed by atoms with Gasteiger partial charge in [-0.25, -0.2) is 0 Å². The Morgan fingerprint density at radius 2 is 1.28 bits per heavy atom. The van der Waals surface area contributed by atoms with Crippen LogP contribution in [0.2, 0.25) is 0 Å². The first-order valence-corrected chi connectivity index (χ1v) is 6.26. The van der Waals surface area contributed by atoms with Crippen LogP contribution in [-0.2, 0) is 30.1 Å². The first-order valence-electron chi connectivity index (χ1n) is 3.36. The second-order valence-corrected chi connectivity index (χ2v) is 4.88. The number of carboxylic acid groups (broad SMARTS) is 2. The zero-order valence-corrected chi connectivity index (χ0v) is 12.4. The quantitative estimate of drug-likeness (QED) is 0.246. The van der Waals surface area contributed by atoms with E-state index in [0.717, 1.165) is 0 Å². The van der Waals surface area contributed by atoms with Crippen molar-refractivity contribution >= 4 is 32.5 Å². The first kappa shape index (κ1) is 22.9. The SMILES string of the molecule is O=C(O)CC(C(=O)O)S(=O)(=O)O.O=S(=O)(O)O.[H-].[Na+]. The molecular formula is C4H9NaO11S2. The molecule has 0 aliphatic carbocycles. The van der Waals surface area contributed by atoms with Crippen LogP contribution < -0.4 is 29.6 Å². The van der Waals surface area contributed by atoms with E-state index in [9.17, 15) is 18.0 Å². The van der Waals surface area contributed by atoms with Crippen LogP contribution >= 0.6 is 0 Å². The summed E-state index contributed by atoms with van der Waals surface area (Å²) in [6.07, 6.45) is -1.16. The smallest absolute Gasteiger partial charge is 1.00 e. The first-order chi connectivity index (χ1) is 7.25. The van der Waals surface area contributed by atoms with Gasteiger partial charge in [0.1, 0.15) is 0 Å². The van der Waals surface area contributed by atoms with Gasteiger partial charge in [-0.05, 0) is 0 Å². The molecule has 0 saturated heterocycles. The summed E-state index contributed by atoms with van der Waals surface area (Å²) in [7, 11) is -9.51. The van der Waals surface area contributed by atoms with Crippen LogP contribution in [0.15, 0.2) is 0 Å². The summed E-state index contributed by atoms with van der Waals surface area (Å²) in [5.74, 6) is -3.50. The molecule has 0 aliphatic heterocycles. The fourth-order valence-electron chi connectivity index (χ4n) is 0.479. The second kappa shape index (κ2) is 8.76. The largest absolute Gasteiger partial charge is 1.00 e. The van der Waals surface area contributed by atoms with Gasteiger partial charge in [0.05, 0.1) is 6.42 Å². The van der Waals surface area contributed by atoms with Crippen molar-refractivity contribution in [2.45, 2.75) is 11.7 Å². The number of carbonyl (C=O) groups is 2. The second-order valence-electron chi connectivity index (χ2n) is 2.39. The molecule has 0 aromatic rings. The minimum absolute atomic E-state index is 0. The molecule has 0 heterocycles. The maximum atomic E-state index is 10.2. The fraction of sp³-hybridized carbons (Fsp3) is 0.500. The van der Waals surface area contributed by atoms with Gasteiger partial charge in [0.2, 0.25) is 0 Å². The molecule has 0 aromatic heterocycles. The van der Waals surface area contributed by atoms with E-state index in [-0.39, 0.29) is 31.0 Å². The number of aliphatic carboxylic acids is 2. The molecule has 18 heavy (non-hydrogen) atoms. The Hall–Kier alpha value is -0.280. The Kier molecular flexibility index (Phi) is 11.1. The molecule has 0 amide bonds. The van der Waals surface area contributed by atoms with Crippen molar-refractivity contribution in [3.8, 4) is 0 Å². The monoisotopic (exact) mass is 320 g/mol. The van der Waals surface area contributed by atoms with Crippen LogP contribution in [0.5, 0.6) is 0 Å². The molecule has 0 bridgehead atoms. The zero-order chi connectivity index (χ0) is 14.4. The van der Waals surface area contributed by atoms with Gasteiger partial charge >= 0.3 is 51.9 Å². The van der Waals surface area contributed by atoms with Crippen LogP contribution in [0, 0.1) is 0 Å². The van der Waals surface area contributed by atoms with Crippen molar-refractivity contribution in [1.82, 2.24) is 0 Å². The third-order valence-electron chi connectivity index (χ3n) is 0.995. The average molecular weight is 320 g/mol. The standard InChI is InChI=1S/C4H6O7S.Na.H2O4S.H/c5-3(6)1-2(4(7)8)12(9,10)11;;1-5(2,3)4;/h2H,1H2,(H,5,6)(H,7,8)(H,9,10,11);;(H2,1,2,3,4);/q;+1;;-1. The van der Waals surface area contributed by atoms with E-state index in [4.69, 9.17) is 32.3 Å². The Bertz CT molecular complexity index is 473. The Labute approximate surface area is 125 Å². The van der Waals surface area contributed by atoms with Crippen molar-refractivity contribution in [2.75, 3.05) is 0 Å². The van der Waals surface area contributed by atoms with E-state index in [1.165, 1.54) is 0 Å². The van der Waals surface area contributed by atoms with Gasteiger partial charge < -0.3 is 11.6 Å². The molecule has 0 saturated carbocycles. The zero-order valence-electron chi connectivity index (χ0n) is 9.79. The Morgan fingerprint density at radius 3 is 1.33 bits per heavy atom. The fourth-order valence-corrected chi connectivity index (χ4v) is 1.09. The third kappa shape index (κ3) is 18.1. The molecule has 0 aromatic carbocycles. The van der Waals surface area contributed by atoms with Crippen LogP contribution in [0.4, 0.5) is 0 Å². The van der Waals surface area contributed by atoms with Crippen molar-refractivity contribution in [1.29, 1.82) is 0 Å². The van der Waals surface area contributed by atoms with E-state index in [0.29, 0.717) is 0 Å². The summed E-state index contributed by atoms with van der Waals surface area (Å²) in [6.45, 7) is 0. The van der Waals surface area contributed by atoms with Crippen LogP contribution in [0.1, 0.15) is 7.85 Å². The van der Waals surface area contributed by atoms with Crippen molar-refractivity contribution in [3.05, 3.63) is 0 Å². The molecule has 0 fully saturated rings. The van der Waals surface area contributed by atoms with Gasteiger partial charge in [-0.2, -0.15) is 16.8 Å².